The first-order chi connectivity index (χ1) is 12.6. The zero-order valence-corrected chi connectivity index (χ0v) is 15.4. The maximum Gasteiger partial charge on any atom is 0.289 e. The van der Waals surface area contributed by atoms with Crippen LogP contribution in [0.2, 0.25) is 0 Å². The van der Waals surface area contributed by atoms with Crippen molar-refractivity contribution in [2.45, 2.75) is 6.42 Å². The van der Waals surface area contributed by atoms with E-state index in [4.69, 9.17) is 4.42 Å². The fraction of sp³-hybridized carbons (Fsp3) is 0.500. The molecule has 2 aromatic heterocycles. The molecule has 1 aliphatic rings. The molecule has 0 unspecified atom stereocenters. The summed E-state index contributed by atoms with van der Waals surface area (Å²) in [5.74, 6) is 1.86. The second-order valence-corrected chi connectivity index (χ2v) is 6.58. The number of hydrogen-bond donors (Lipinski definition) is 1. The minimum absolute atomic E-state index is 0.0631. The Balaban J connectivity index is 1.51. The van der Waals surface area contributed by atoms with E-state index >= 15 is 0 Å². The largest absolute Gasteiger partial charge is 0.459 e. The molecule has 2 aromatic rings. The molecule has 3 heterocycles. The average molecular weight is 358 g/mol. The lowest BCUT2D eigenvalue weighted by atomic mass is 10.3. The van der Waals surface area contributed by atoms with Gasteiger partial charge in [-0.1, -0.05) is 0 Å². The third kappa shape index (κ3) is 4.72. The van der Waals surface area contributed by atoms with Gasteiger partial charge < -0.3 is 24.4 Å². The molecule has 1 amide bonds. The highest BCUT2D eigenvalue weighted by Crippen LogP contribution is 2.15. The van der Waals surface area contributed by atoms with E-state index in [9.17, 15) is 4.79 Å². The summed E-state index contributed by atoms with van der Waals surface area (Å²) in [6.07, 6.45) is 4.35. The quantitative estimate of drug-likeness (QED) is 0.750. The number of aromatic nitrogens is 2. The first-order valence-corrected chi connectivity index (χ1v) is 8.93. The Kier molecular flexibility index (Phi) is 6.06. The van der Waals surface area contributed by atoms with Crippen molar-refractivity contribution in [2.75, 3.05) is 63.6 Å². The number of nitrogens with zero attached hydrogens (tertiary/aromatic N) is 5. The Hall–Kier alpha value is -2.61. The molecule has 0 bridgehead atoms. The van der Waals surface area contributed by atoms with Gasteiger partial charge in [-0.3, -0.25) is 4.79 Å². The molecule has 8 heteroatoms. The molecule has 8 nitrogen and oxygen atoms in total. The number of piperazine rings is 1. The van der Waals surface area contributed by atoms with Crippen LogP contribution in [0.15, 0.2) is 35.1 Å². The molecule has 0 aromatic carbocycles. The third-order valence-corrected chi connectivity index (χ3v) is 4.31. The van der Waals surface area contributed by atoms with E-state index < -0.39 is 0 Å². The number of hydrogen-bond acceptors (Lipinski definition) is 7. The Morgan fingerprint density at radius 2 is 2.08 bits per heavy atom. The van der Waals surface area contributed by atoms with Crippen LogP contribution in [-0.2, 0) is 0 Å². The zero-order chi connectivity index (χ0) is 18.4. The molecular formula is C18H26N6O2. The Morgan fingerprint density at radius 1 is 1.27 bits per heavy atom. The topological polar surface area (TPSA) is 77.7 Å². The average Bonchev–Trinajstić information content (AvgIpc) is 3.20. The SMILES string of the molecule is CN(C)CCCNc1ccnc(N2CCN(C(=O)c3ccco3)CC2)n1. The monoisotopic (exact) mass is 358 g/mol. The lowest BCUT2D eigenvalue weighted by Gasteiger charge is -2.34. The van der Waals surface area contributed by atoms with Gasteiger partial charge in [0.2, 0.25) is 5.95 Å². The zero-order valence-electron chi connectivity index (χ0n) is 15.4. The summed E-state index contributed by atoms with van der Waals surface area (Å²) in [4.78, 5) is 27.4. The number of anilines is 2. The summed E-state index contributed by atoms with van der Waals surface area (Å²) >= 11 is 0. The van der Waals surface area contributed by atoms with Crippen molar-refractivity contribution < 1.29 is 9.21 Å². The van der Waals surface area contributed by atoms with E-state index in [0.717, 1.165) is 25.3 Å². The molecule has 0 atom stereocenters. The first kappa shape index (κ1) is 18.2. The van der Waals surface area contributed by atoms with Gasteiger partial charge in [-0.05, 0) is 45.3 Å². The summed E-state index contributed by atoms with van der Waals surface area (Å²) in [6, 6.07) is 5.31. The van der Waals surface area contributed by atoms with Gasteiger partial charge in [0, 0.05) is 38.9 Å². The predicted octanol–water partition coefficient (Wildman–Crippen LogP) is 1.40. The van der Waals surface area contributed by atoms with Crippen molar-refractivity contribution in [3.8, 4) is 0 Å². The predicted molar refractivity (Wildman–Crippen MR) is 101 cm³/mol. The molecule has 140 valence electrons. The van der Waals surface area contributed by atoms with Crippen LogP contribution >= 0.6 is 0 Å². The van der Waals surface area contributed by atoms with Crippen LogP contribution in [0.1, 0.15) is 17.0 Å². The molecule has 1 aliphatic heterocycles. The molecule has 26 heavy (non-hydrogen) atoms. The van der Waals surface area contributed by atoms with Gasteiger partial charge in [0.15, 0.2) is 5.76 Å². The second-order valence-electron chi connectivity index (χ2n) is 6.58. The van der Waals surface area contributed by atoms with Crippen molar-refractivity contribution >= 4 is 17.7 Å². The lowest BCUT2D eigenvalue weighted by molar-refractivity contribution is 0.0714. The number of furan rings is 1. The van der Waals surface area contributed by atoms with Crippen molar-refractivity contribution in [3.05, 3.63) is 36.4 Å². The maximum atomic E-state index is 12.3. The van der Waals surface area contributed by atoms with Gasteiger partial charge in [-0.25, -0.2) is 4.98 Å². The number of nitrogens with one attached hydrogen (secondary N) is 1. The fourth-order valence-corrected chi connectivity index (χ4v) is 2.88. The lowest BCUT2D eigenvalue weighted by Crippen LogP contribution is -2.49. The van der Waals surface area contributed by atoms with Crippen LogP contribution in [0.25, 0.3) is 0 Å². The molecule has 1 fully saturated rings. The smallest absolute Gasteiger partial charge is 0.289 e. The van der Waals surface area contributed by atoms with Gasteiger partial charge in [-0.2, -0.15) is 4.98 Å². The molecule has 1 saturated heterocycles. The molecule has 0 saturated carbocycles. The minimum atomic E-state index is -0.0631. The normalized spacial score (nSPS) is 14.7. The van der Waals surface area contributed by atoms with Gasteiger partial charge >= 0.3 is 0 Å². The van der Waals surface area contributed by atoms with Crippen molar-refractivity contribution in [1.82, 2.24) is 19.8 Å². The molecule has 1 N–H and O–H groups in total. The van der Waals surface area contributed by atoms with E-state index in [1.165, 1.54) is 6.26 Å². The molecule has 0 aliphatic carbocycles. The number of rotatable bonds is 7. The van der Waals surface area contributed by atoms with E-state index in [0.29, 0.717) is 37.9 Å². The fourth-order valence-electron chi connectivity index (χ4n) is 2.88. The van der Waals surface area contributed by atoms with Crippen LogP contribution in [-0.4, -0.2) is 79.0 Å². The second kappa shape index (κ2) is 8.66. The molecule has 0 spiro atoms. The minimum Gasteiger partial charge on any atom is -0.459 e. The number of carbonyl (C=O) groups is 1. The first-order valence-electron chi connectivity index (χ1n) is 8.93. The standard InChI is InChI=1S/C18H26N6O2/c1-22(2)9-4-7-19-16-6-8-20-18(21-16)24-12-10-23(11-13-24)17(25)15-5-3-14-26-15/h3,5-6,8,14H,4,7,9-13H2,1-2H3,(H,19,20,21). The van der Waals surface area contributed by atoms with E-state index in [-0.39, 0.29) is 5.91 Å². The highest BCUT2D eigenvalue weighted by atomic mass is 16.3. The highest BCUT2D eigenvalue weighted by molar-refractivity contribution is 5.91. The summed E-state index contributed by atoms with van der Waals surface area (Å²) in [5, 5.41) is 3.34. The summed E-state index contributed by atoms with van der Waals surface area (Å²) in [7, 11) is 4.14. The van der Waals surface area contributed by atoms with Gasteiger partial charge in [0.05, 0.1) is 6.26 Å². The van der Waals surface area contributed by atoms with Crippen LogP contribution in [0.4, 0.5) is 11.8 Å². The van der Waals surface area contributed by atoms with E-state index in [1.807, 2.05) is 6.07 Å². The van der Waals surface area contributed by atoms with Gasteiger partial charge in [-0.15, -0.1) is 0 Å². The van der Waals surface area contributed by atoms with Crippen molar-refractivity contribution in [3.63, 3.8) is 0 Å². The molecule has 3 rings (SSSR count). The molecule has 0 radical (unpaired) electrons. The van der Waals surface area contributed by atoms with Crippen LogP contribution in [0, 0.1) is 0 Å². The van der Waals surface area contributed by atoms with Crippen LogP contribution in [0.5, 0.6) is 0 Å². The van der Waals surface area contributed by atoms with Crippen LogP contribution < -0.4 is 10.2 Å². The summed E-state index contributed by atoms with van der Waals surface area (Å²) in [6.45, 7) is 4.58. The number of amides is 1. The van der Waals surface area contributed by atoms with Gasteiger partial charge in [0.25, 0.3) is 5.91 Å². The van der Waals surface area contributed by atoms with Crippen LogP contribution in [0.3, 0.4) is 0 Å². The Morgan fingerprint density at radius 3 is 2.77 bits per heavy atom. The third-order valence-electron chi connectivity index (χ3n) is 4.31. The van der Waals surface area contributed by atoms with E-state index in [2.05, 4.69) is 39.2 Å². The molecular weight excluding hydrogens is 332 g/mol. The summed E-state index contributed by atoms with van der Waals surface area (Å²) < 4.78 is 5.20. The van der Waals surface area contributed by atoms with E-state index in [1.54, 1.807) is 23.2 Å². The number of carbonyl (C=O) groups excluding carboxylic acids is 1. The Bertz CT molecular complexity index is 695. The highest BCUT2D eigenvalue weighted by Gasteiger charge is 2.24. The van der Waals surface area contributed by atoms with Crippen molar-refractivity contribution in [1.29, 1.82) is 0 Å². The summed E-state index contributed by atoms with van der Waals surface area (Å²) in [5.41, 5.74) is 0. The van der Waals surface area contributed by atoms with Crippen molar-refractivity contribution in [2.24, 2.45) is 0 Å². The van der Waals surface area contributed by atoms with Gasteiger partial charge in [0.1, 0.15) is 5.82 Å². The Labute approximate surface area is 153 Å². The maximum absolute atomic E-state index is 12.3.